The zero-order valence-electron chi connectivity index (χ0n) is 13.4. The standard InChI is InChI=1S/C18H17NO5/c1-11(20)19-12-3-5-14-15-6-4-13(23-8-7-22-2)10-17(15)24-18(21)16(14)9-12/h3-6,9-10H,7-8H2,1-2H3,(H,19,20). The molecule has 0 spiro atoms. The molecule has 1 aromatic heterocycles. The first kappa shape index (κ1) is 16.0. The van der Waals surface area contributed by atoms with Gasteiger partial charge in [-0.2, -0.15) is 0 Å². The van der Waals surface area contributed by atoms with Crippen LogP contribution in [0, 0.1) is 0 Å². The van der Waals surface area contributed by atoms with Gasteiger partial charge in [0, 0.05) is 36.6 Å². The first-order valence-electron chi connectivity index (χ1n) is 7.48. The van der Waals surface area contributed by atoms with Crippen molar-refractivity contribution in [2.24, 2.45) is 0 Å². The molecular formula is C18H17NO5. The van der Waals surface area contributed by atoms with Crippen molar-refractivity contribution >= 4 is 33.3 Å². The van der Waals surface area contributed by atoms with Crippen LogP contribution in [0.2, 0.25) is 0 Å². The molecule has 1 amide bonds. The molecule has 6 heteroatoms. The van der Waals surface area contributed by atoms with Crippen LogP contribution in [0.25, 0.3) is 21.7 Å². The summed E-state index contributed by atoms with van der Waals surface area (Å²) in [6.45, 7) is 2.31. The lowest BCUT2D eigenvalue weighted by Gasteiger charge is -2.08. The van der Waals surface area contributed by atoms with Crippen LogP contribution in [0.5, 0.6) is 5.75 Å². The maximum absolute atomic E-state index is 12.3. The Morgan fingerprint density at radius 3 is 2.62 bits per heavy atom. The molecule has 2 aromatic carbocycles. The Kier molecular flexibility index (Phi) is 4.48. The van der Waals surface area contributed by atoms with Crippen molar-refractivity contribution in [3.8, 4) is 5.75 Å². The van der Waals surface area contributed by atoms with Crippen LogP contribution in [0.15, 0.2) is 45.6 Å². The molecule has 0 saturated carbocycles. The molecule has 0 aliphatic heterocycles. The Morgan fingerprint density at radius 2 is 1.88 bits per heavy atom. The van der Waals surface area contributed by atoms with Crippen LogP contribution in [-0.2, 0) is 9.53 Å². The fourth-order valence-electron chi connectivity index (χ4n) is 2.53. The summed E-state index contributed by atoms with van der Waals surface area (Å²) >= 11 is 0. The molecule has 0 saturated heterocycles. The smallest absolute Gasteiger partial charge is 0.344 e. The van der Waals surface area contributed by atoms with Crippen LogP contribution < -0.4 is 15.7 Å². The zero-order valence-corrected chi connectivity index (χ0v) is 13.4. The third-order valence-electron chi connectivity index (χ3n) is 3.56. The van der Waals surface area contributed by atoms with Gasteiger partial charge in [0.05, 0.1) is 12.0 Å². The fraction of sp³-hybridized carbons (Fsp3) is 0.222. The summed E-state index contributed by atoms with van der Waals surface area (Å²) in [5.74, 6) is 0.411. The van der Waals surface area contributed by atoms with Crippen molar-refractivity contribution in [2.75, 3.05) is 25.6 Å². The molecule has 24 heavy (non-hydrogen) atoms. The molecular weight excluding hydrogens is 310 g/mol. The Balaban J connectivity index is 2.06. The van der Waals surface area contributed by atoms with E-state index in [1.54, 1.807) is 31.4 Å². The van der Waals surface area contributed by atoms with E-state index in [1.807, 2.05) is 12.1 Å². The molecule has 0 atom stereocenters. The van der Waals surface area contributed by atoms with Crippen molar-refractivity contribution in [3.05, 3.63) is 46.8 Å². The molecule has 6 nitrogen and oxygen atoms in total. The van der Waals surface area contributed by atoms with E-state index in [4.69, 9.17) is 13.9 Å². The number of carbonyl (C=O) groups excluding carboxylic acids is 1. The van der Waals surface area contributed by atoms with Gasteiger partial charge in [-0.05, 0) is 24.3 Å². The molecule has 3 rings (SSSR count). The minimum atomic E-state index is -0.459. The van der Waals surface area contributed by atoms with Gasteiger partial charge in [-0.3, -0.25) is 4.79 Å². The molecule has 1 heterocycles. The van der Waals surface area contributed by atoms with Crippen molar-refractivity contribution in [2.45, 2.75) is 6.92 Å². The normalized spacial score (nSPS) is 10.9. The number of benzene rings is 2. The Labute approximate surface area is 138 Å². The summed E-state index contributed by atoms with van der Waals surface area (Å²) in [6, 6.07) is 10.5. The number of rotatable bonds is 5. The number of fused-ring (bicyclic) bond motifs is 3. The van der Waals surface area contributed by atoms with Gasteiger partial charge in [-0.1, -0.05) is 6.07 Å². The van der Waals surface area contributed by atoms with Crippen LogP contribution >= 0.6 is 0 Å². The highest BCUT2D eigenvalue weighted by atomic mass is 16.5. The van der Waals surface area contributed by atoms with E-state index in [0.717, 1.165) is 10.8 Å². The number of amides is 1. The second-order valence-electron chi connectivity index (χ2n) is 5.33. The predicted molar refractivity (Wildman–Crippen MR) is 91.7 cm³/mol. The molecule has 0 bridgehead atoms. The minimum Gasteiger partial charge on any atom is -0.491 e. The first-order valence-corrected chi connectivity index (χ1v) is 7.48. The van der Waals surface area contributed by atoms with Gasteiger partial charge < -0.3 is 19.2 Å². The highest BCUT2D eigenvalue weighted by Gasteiger charge is 2.10. The van der Waals surface area contributed by atoms with Crippen molar-refractivity contribution in [1.29, 1.82) is 0 Å². The third kappa shape index (κ3) is 3.23. The quantitative estimate of drug-likeness (QED) is 0.443. The second kappa shape index (κ2) is 6.72. The van der Waals surface area contributed by atoms with Gasteiger partial charge in [0.1, 0.15) is 17.9 Å². The van der Waals surface area contributed by atoms with Crippen LogP contribution in [0.1, 0.15) is 6.92 Å². The van der Waals surface area contributed by atoms with Crippen molar-refractivity contribution in [3.63, 3.8) is 0 Å². The van der Waals surface area contributed by atoms with Gasteiger partial charge in [-0.15, -0.1) is 0 Å². The topological polar surface area (TPSA) is 77.8 Å². The van der Waals surface area contributed by atoms with Gasteiger partial charge in [0.25, 0.3) is 0 Å². The number of carbonyl (C=O) groups is 1. The van der Waals surface area contributed by atoms with E-state index in [2.05, 4.69) is 5.32 Å². The van der Waals surface area contributed by atoms with Gasteiger partial charge >= 0.3 is 5.63 Å². The molecule has 0 radical (unpaired) electrons. The zero-order chi connectivity index (χ0) is 17.1. The highest BCUT2D eigenvalue weighted by molar-refractivity contribution is 6.06. The Morgan fingerprint density at radius 1 is 1.08 bits per heavy atom. The molecule has 0 fully saturated rings. The summed E-state index contributed by atoms with van der Waals surface area (Å²) in [4.78, 5) is 23.4. The van der Waals surface area contributed by atoms with E-state index in [-0.39, 0.29) is 5.91 Å². The maximum Gasteiger partial charge on any atom is 0.344 e. The largest absolute Gasteiger partial charge is 0.491 e. The van der Waals surface area contributed by atoms with Crippen molar-refractivity contribution in [1.82, 2.24) is 0 Å². The number of nitrogens with one attached hydrogen (secondary N) is 1. The summed E-state index contributed by atoms with van der Waals surface area (Å²) in [5.41, 5.74) is 0.551. The molecule has 0 unspecified atom stereocenters. The first-order chi connectivity index (χ1) is 11.6. The third-order valence-corrected chi connectivity index (χ3v) is 3.56. The van der Waals surface area contributed by atoms with E-state index in [9.17, 15) is 9.59 Å². The number of methoxy groups -OCH3 is 1. The van der Waals surface area contributed by atoms with E-state index in [1.165, 1.54) is 6.92 Å². The maximum atomic E-state index is 12.3. The fourth-order valence-corrected chi connectivity index (χ4v) is 2.53. The van der Waals surface area contributed by atoms with Gasteiger partial charge in [-0.25, -0.2) is 4.79 Å². The Bertz CT molecular complexity index is 961. The second-order valence-corrected chi connectivity index (χ2v) is 5.33. The SMILES string of the molecule is COCCOc1ccc2c(c1)oc(=O)c1cc(NC(C)=O)ccc12. The van der Waals surface area contributed by atoms with E-state index >= 15 is 0 Å². The average molecular weight is 327 g/mol. The summed E-state index contributed by atoms with van der Waals surface area (Å²) < 4.78 is 15.9. The lowest BCUT2D eigenvalue weighted by molar-refractivity contribution is -0.114. The Hall–Kier alpha value is -2.86. The summed E-state index contributed by atoms with van der Waals surface area (Å²) in [6.07, 6.45) is 0. The van der Waals surface area contributed by atoms with Crippen molar-refractivity contribution < 1.29 is 18.7 Å². The number of ether oxygens (including phenoxy) is 2. The molecule has 0 aliphatic carbocycles. The summed E-state index contributed by atoms with van der Waals surface area (Å²) in [5, 5.41) is 4.64. The lowest BCUT2D eigenvalue weighted by atomic mass is 10.1. The predicted octanol–water partition coefficient (Wildman–Crippen LogP) is 2.93. The molecule has 0 aliphatic rings. The monoisotopic (exact) mass is 327 g/mol. The molecule has 1 N–H and O–H groups in total. The van der Waals surface area contributed by atoms with Crippen LogP contribution in [-0.4, -0.2) is 26.2 Å². The minimum absolute atomic E-state index is 0.197. The molecule has 3 aromatic rings. The summed E-state index contributed by atoms with van der Waals surface area (Å²) in [7, 11) is 1.60. The number of hydrogen-bond donors (Lipinski definition) is 1. The molecule has 124 valence electrons. The average Bonchev–Trinajstić information content (AvgIpc) is 2.55. The lowest BCUT2D eigenvalue weighted by Crippen LogP contribution is -2.07. The van der Waals surface area contributed by atoms with Gasteiger partial charge in [0.15, 0.2) is 0 Å². The van der Waals surface area contributed by atoms with E-state index < -0.39 is 5.63 Å². The van der Waals surface area contributed by atoms with Crippen LogP contribution in [0.4, 0.5) is 5.69 Å². The van der Waals surface area contributed by atoms with Gasteiger partial charge in [0.2, 0.25) is 5.91 Å². The van der Waals surface area contributed by atoms with Crippen LogP contribution in [0.3, 0.4) is 0 Å². The highest BCUT2D eigenvalue weighted by Crippen LogP contribution is 2.28. The number of anilines is 1. The van der Waals surface area contributed by atoms with E-state index in [0.29, 0.717) is 35.6 Å². The number of hydrogen-bond acceptors (Lipinski definition) is 5.